The molecule has 0 fully saturated rings. The first-order valence-electron chi connectivity index (χ1n) is 5.17. The smallest absolute Gasteiger partial charge is 0.0178 e. The van der Waals surface area contributed by atoms with Crippen LogP contribution in [0.3, 0.4) is 0 Å². The van der Waals surface area contributed by atoms with E-state index in [4.69, 9.17) is 0 Å². The highest BCUT2D eigenvalue weighted by Gasteiger charge is 2.26. The quantitative estimate of drug-likeness (QED) is 0.614. The molecule has 12 heavy (non-hydrogen) atoms. The predicted octanol–water partition coefficient (Wildman–Crippen LogP) is 3.15. The van der Waals surface area contributed by atoms with Crippen LogP contribution in [0.4, 0.5) is 0 Å². The minimum atomic E-state index is 0.406. The molecule has 0 heterocycles. The van der Waals surface area contributed by atoms with Gasteiger partial charge in [-0.15, -0.1) is 0 Å². The fourth-order valence-corrected chi connectivity index (χ4v) is 1.83. The average Bonchev–Trinajstić information content (AvgIpc) is 2.01. The van der Waals surface area contributed by atoms with Crippen LogP contribution in [-0.4, -0.2) is 24.0 Å². The van der Waals surface area contributed by atoms with E-state index in [1.165, 1.54) is 12.8 Å². The van der Waals surface area contributed by atoms with Crippen molar-refractivity contribution in [2.24, 2.45) is 5.92 Å². The van der Waals surface area contributed by atoms with Gasteiger partial charge < -0.3 is 4.90 Å². The molecule has 0 radical (unpaired) electrons. The molecule has 0 aliphatic rings. The molecule has 1 heteroatoms. The third-order valence-corrected chi connectivity index (χ3v) is 3.01. The second-order valence-corrected chi connectivity index (χ2v) is 4.46. The van der Waals surface area contributed by atoms with Crippen molar-refractivity contribution in [1.29, 1.82) is 0 Å². The summed E-state index contributed by atoms with van der Waals surface area (Å²) in [4.78, 5) is 2.47. The Balaban J connectivity index is 4.22. The van der Waals surface area contributed by atoms with Gasteiger partial charge in [0.25, 0.3) is 0 Å². The summed E-state index contributed by atoms with van der Waals surface area (Å²) in [5.74, 6) is 0.795. The lowest BCUT2D eigenvalue weighted by atomic mass is 9.87. The normalized spacial score (nSPS) is 17.0. The first kappa shape index (κ1) is 12.0. The SMILES string of the molecule is CCN(C)C(C)(CC)CC(C)C. The van der Waals surface area contributed by atoms with E-state index in [0.29, 0.717) is 5.54 Å². The van der Waals surface area contributed by atoms with Crippen LogP contribution in [0, 0.1) is 5.92 Å². The van der Waals surface area contributed by atoms with Crippen LogP contribution in [0.15, 0.2) is 0 Å². The lowest BCUT2D eigenvalue weighted by Crippen LogP contribution is -2.44. The minimum absolute atomic E-state index is 0.406. The zero-order valence-electron chi connectivity index (χ0n) is 9.65. The van der Waals surface area contributed by atoms with E-state index >= 15 is 0 Å². The maximum absolute atomic E-state index is 2.47. The van der Waals surface area contributed by atoms with E-state index in [0.717, 1.165) is 12.5 Å². The van der Waals surface area contributed by atoms with Crippen molar-refractivity contribution in [2.45, 2.75) is 53.0 Å². The Morgan fingerprint density at radius 2 is 1.75 bits per heavy atom. The van der Waals surface area contributed by atoms with Gasteiger partial charge in [0.1, 0.15) is 0 Å². The molecule has 0 saturated carbocycles. The monoisotopic (exact) mass is 171 g/mol. The van der Waals surface area contributed by atoms with E-state index in [-0.39, 0.29) is 0 Å². The van der Waals surface area contributed by atoms with Crippen LogP contribution in [0.2, 0.25) is 0 Å². The predicted molar refractivity (Wildman–Crippen MR) is 56.5 cm³/mol. The van der Waals surface area contributed by atoms with E-state index in [1.807, 2.05) is 0 Å². The first-order chi connectivity index (χ1) is 5.46. The number of nitrogens with zero attached hydrogens (tertiary/aromatic N) is 1. The molecule has 0 saturated heterocycles. The van der Waals surface area contributed by atoms with Crippen LogP contribution in [0.1, 0.15) is 47.5 Å². The highest BCUT2D eigenvalue weighted by atomic mass is 15.2. The summed E-state index contributed by atoms with van der Waals surface area (Å²) in [5, 5.41) is 0. The maximum Gasteiger partial charge on any atom is 0.0178 e. The minimum Gasteiger partial charge on any atom is -0.301 e. The fourth-order valence-electron chi connectivity index (χ4n) is 1.83. The summed E-state index contributed by atoms with van der Waals surface area (Å²) in [7, 11) is 2.23. The van der Waals surface area contributed by atoms with Gasteiger partial charge in [-0.05, 0) is 39.3 Å². The zero-order chi connectivity index (χ0) is 9.78. The molecule has 0 aromatic rings. The molecule has 0 aromatic carbocycles. The topological polar surface area (TPSA) is 3.24 Å². The number of hydrogen-bond donors (Lipinski definition) is 0. The van der Waals surface area contributed by atoms with Crippen LogP contribution in [-0.2, 0) is 0 Å². The third-order valence-electron chi connectivity index (χ3n) is 3.01. The Morgan fingerprint density at radius 1 is 1.25 bits per heavy atom. The summed E-state index contributed by atoms with van der Waals surface area (Å²) in [6.45, 7) is 12.6. The molecule has 0 spiro atoms. The van der Waals surface area contributed by atoms with Crippen LogP contribution in [0.25, 0.3) is 0 Å². The van der Waals surface area contributed by atoms with Crippen molar-refractivity contribution in [3.63, 3.8) is 0 Å². The average molecular weight is 171 g/mol. The van der Waals surface area contributed by atoms with Gasteiger partial charge in [-0.3, -0.25) is 0 Å². The van der Waals surface area contributed by atoms with Gasteiger partial charge in [0.15, 0.2) is 0 Å². The van der Waals surface area contributed by atoms with Gasteiger partial charge in [-0.25, -0.2) is 0 Å². The molecule has 1 unspecified atom stereocenters. The Labute approximate surface area is 78.1 Å². The van der Waals surface area contributed by atoms with Gasteiger partial charge in [-0.2, -0.15) is 0 Å². The number of rotatable bonds is 5. The molecule has 1 nitrogen and oxygen atoms in total. The Kier molecular flexibility index (Phi) is 4.84. The standard InChI is InChI=1S/C11H25N/c1-7-11(5,9-10(3)4)12(6)8-2/h10H,7-9H2,1-6H3. The lowest BCUT2D eigenvalue weighted by molar-refractivity contribution is 0.113. The molecule has 1 atom stereocenters. The van der Waals surface area contributed by atoms with Crippen LogP contribution >= 0.6 is 0 Å². The van der Waals surface area contributed by atoms with Crippen molar-refractivity contribution in [3.8, 4) is 0 Å². The molecule has 0 aliphatic carbocycles. The summed E-state index contributed by atoms with van der Waals surface area (Å²) in [6, 6.07) is 0. The summed E-state index contributed by atoms with van der Waals surface area (Å²) in [6.07, 6.45) is 2.54. The fraction of sp³-hybridized carbons (Fsp3) is 1.00. The van der Waals surface area contributed by atoms with Gasteiger partial charge >= 0.3 is 0 Å². The van der Waals surface area contributed by atoms with Gasteiger partial charge in [-0.1, -0.05) is 27.7 Å². The van der Waals surface area contributed by atoms with E-state index in [2.05, 4.69) is 46.6 Å². The summed E-state index contributed by atoms with van der Waals surface area (Å²) in [5.41, 5.74) is 0.406. The van der Waals surface area contributed by atoms with E-state index in [9.17, 15) is 0 Å². The molecule has 0 N–H and O–H groups in total. The molecule has 0 aromatic heterocycles. The van der Waals surface area contributed by atoms with Crippen LogP contribution in [0.5, 0.6) is 0 Å². The summed E-state index contributed by atoms with van der Waals surface area (Å²) >= 11 is 0. The molecule has 0 bridgehead atoms. The van der Waals surface area contributed by atoms with Gasteiger partial charge in [0.2, 0.25) is 0 Å². The Bertz CT molecular complexity index is 120. The molecule has 0 amide bonds. The van der Waals surface area contributed by atoms with Crippen molar-refractivity contribution >= 4 is 0 Å². The van der Waals surface area contributed by atoms with Crippen LogP contribution < -0.4 is 0 Å². The first-order valence-corrected chi connectivity index (χ1v) is 5.17. The van der Waals surface area contributed by atoms with Crippen molar-refractivity contribution < 1.29 is 0 Å². The highest BCUT2D eigenvalue weighted by Crippen LogP contribution is 2.25. The largest absolute Gasteiger partial charge is 0.301 e. The third kappa shape index (κ3) is 3.14. The van der Waals surface area contributed by atoms with E-state index in [1.54, 1.807) is 0 Å². The number of hydrogen-bond acceptors (Lipinski definition) is 1. The van der Waals surface area contributed by atoms with Crippen molar-refractivity contribution in [3.05, 3.63) is 0 Å². The van der Waals surface area contributed by atoms with Crippen molar-refractivity contribution in [1.82, 2.24) is 4.90 Å². The second-order valence-electron chi connectivity index (χ2n) is 4.46. The Hall–Kier alpha value is -0.0400. The Morgan fingerprint density at radius 3 is 2.00 bits per heavy atom. The van der Waals surface area contributed by atoms with Crippen molar-refractivity contribution in [2.75, 3.05) is 13.6 Å². The highest BCUT2D eigenvalue weighted by molar-refractivity contribution is 4.83. The molecular formula is C11H25N. The van der Waals surface area contributed by atoms with E-state index < -0.39 is 0 Å². The zero-order valence-corrected chi connectivity index (χ0v) is 9.65. The molecular weight excluding hydrogens is 146 g/mol. The molecule has 74 valence electrons. The lowest BCUT2D eigenvalue weighted by Gasteiger charge is -2.39. The van der Waals surface area contributed by atoms with Gasteiger partial charge in [0.05, 0.1) is 0 Å². The van der Waals surface area contributed by atoms with Gasteiger partial charge in [0, 0.05) is 5.54 Å². The summed E-state index contributed by atoms with van der Waals surface area (Å²) < 4.78 is 0. The second kappa shape index (κ2) is 4.86. The molecule has 0 aliphatic heterocycles. The maximum atomic E-state index is 2.47. The molecule has 0 rings (SSSR count).